The average molecular weight is 372 g/mol. The van der Waals surface area contributed by atoms with Gasteiger partial charge in [-0.1, -0.05) is 19.9 Å². The molecule has 0 heterocycles. The fourth-order valence-corrected chi connectivity index (χ4v) is 3.50. The normalized spacial score (nSPS) is 20.6. The molecule has 1 fully saturated rings. The van der Waals surface area contributed by atoms with Crippen molar-refractivity contribution in [3.8, 4) is 0 Å². The van der Waals surface area contributed by atoms with Crippen molar-refractivity contribution in [1.29, 1.82) is 0 Å². The Bertz CT molecular complexity index is 723. The van der Waals surface area contributed by atoms with Gasteiger partial charge in [-0.15, -0.1) is 0 Å². The Hall–Kier alpha value is -1.63. The monoisotopic (exact) mass is 372 g/mol. The van der Waals surface area contributed by atoms with Gasteiger partial charge in [-0.05, 0) is 30.4 Å². The Morgan fingerprint density at radius 2 is 1.92 bits per heavy atom. The molecular weight excluding hydrogens is 353 g/mol. The number of carbonyl (C=O) groups is 3. The number of benzene rings is 1. The standard InChI is InChI=1S/C18H19F3O3S/c1-17(2)7-6-13(22)14(16(17)24)15(23)12-5-4-11(18(19,20)21)8-10(12)9-25-3/h4-5,8,14H,6-7,9H2,1-3H3. The van der Waals surface area contributed by atoms with E-state index in [-0.39, 0.29) is 23.3 Å². The fourth-order valence-electron chi connectivity index (χ4n) is 2.95. The first-order valence-electron chi connectivity index (χ1n) is 7.79. The zero-order valence-electron chi connectivity index (χ0n) is 14.2. The molecule has 0 aromatic heterocycles. The number of Topliss-reactive ketones (excluding diaryl/α,β-unsaturated/α-hetero) is 3. The number of halogens is 3. The van der Waals surface area contributed by atoms with Crippen molar-refractivity contribution in [2.75, 3.05) is 6.26 Å². The molecule has 1 aliphatic rings. The maximum Gasteiger partial charge on any atom is 0.416 e. The Morgan fingerprint density at radius 1 is 1.28 bits per heavy atom. The third-order valence-corrected chi connectivity index (χ3v) is 5.11. The van der Waals surface area contributed by atoms with Crippen LogP contribution >= 0.6 is 11.8 Å². The number of hydrogen-bond donors (Lipinski definition) is 0. The Morgan fingerprint density at radius 3 is 2.48 bits per heavy atom. The van der Waals surface area contributed by atoms with E-state index in [2.05, 4.69) is 0 Å². The van der Waals surface area contributed by atoms with Gasteiger partial charge in [-0.3, -0.25) is 14.4 Å². The van der Waals surface area contributed by atoms with Crippen LogP contribution in [-0.2, 0) is 21.5 Å². The topological polar surface area (TPSA) is 51.2 Å². The van der Waals surface area contributed by atoms with Gasteiger partial charge < -0.3 is 0 Å². The van der Waals surface area contributed by atoms with E-state index in [1.54, 1.807) is 20.1 Å². The van der Waals surface area contributed by atoms with Crippen LogP contribution in [0.25, 0.3) is 0 Å². The number of hydrogen-bond acceptors (Lipinski definition) is 4. The van der Waals surface area contributed by atoms with Gasteiger partial charge in [0, 0.05) is 23.2 Å². The molecule has 7 heteroatoms. The molecule has 136 valence electrons. The lowest BCUT2D eigenvalue weighted by Crippen LogP contribution is -2.45. The van der Waals surface area contributed by atoms with Crippen molar-refractivity contribution >= 4 is 29.1 Å². The highest BCUT2D eigenvalue weighted by molar-refractivity contribution is 7.97. The molecule has 1 aliphatic carbocycles. The Labute approximate surface area is 148 Å². The number of rotatable bonds is 4. The number of carbonyl (C=O) groups excluding carboxylic acids is 3. The zero-order valence-corrected chi connectivity index (χ0v) is 15.0. The van der Waals surface area contributed by atoms with Gasteiger partial charge in [-0.25, -0.2) is 0 Å². The molecule has 1 atom stereocenters. The molecule has 1 aromatic rings. The molecular formula is C18H19F3O3S. The van der Waals surface area contributed by atoms with Crippen LogP contribution in [0.5, 0.6) is 0 Å². The average Bonchev–Trinajstić information content (AvgIpc) is 2.51. The minimum absolute atomic E-state index is 0.0201. The van der Waals surface area contributed by atoms with Gasteiger partial charge in [0.25, 0.3) is 0 Å². The maximum atomic E-state index is 12.9. The number of thioether (sulfide) groups is 1. The highest BCUT2D eigenvalue weighted by atomic mass is 32.2. The molecule has 0 aliphatic heterocycles. The summed E-state index contributed by atoms with van der Waals surface area (Å²) in [6, 6.07) is 2.82. The summed E-state index contributed by atoms with van der Waals surface area (Å²) in [6.45, 7) is 3.36. The molecule has 2 rings (SSSR count). The second kappa shape index (κ2) is 6.94. The first-order chi connectivity index (χ1) is 11.5. The van der Waals surface area contributed by atoms with Crippen LogP contribution in [0.3, 0.4) is 0 Å². The first-order valence-corrected chi connectivity index (χ1v) is 9.18. The van der Waals surface area contributed by atoms with Crippen LogP contribution in [0.1, 0.15) is 48.2 Å². The van der Waals surface area contributed by atoms with Crippen LogP contribution in [-0.4, -0.2) is 23.6 Å². The molecule has 1 saturated carbocycles. The predicted molar refractivity (Wildman–Crippen MR) is 89.5 cm³/mol. The quantitative estimate of drug-likeness (QED) is 0.583. The number of alkyl halides is 3. The van der Waals surface area contributed by atoms with Crippen molar-refractivity contribution in [3.63, 3.8) is 0 Å². The van der Waals surface area contributed by atoms with E-state index in [0.29, 0.717) is 6.42 Å². The summed E-state index contributed by atoms with van der Waals surface area (Å²) in [5.41, 5.74) is -1.43. The highest BCUT2D eigenvalue weighted by Gasteiger charge is 2.46. The molecule has 0 spiro atoms. The molecule has 0 bridgehead atoms. The summed E-state index contributed by atoms with van der Waals surface area (Å²) in [7, 11) is 0. The summed E-state index contributed by atoms with van der Waals surface area (Å²) >= 11 is 1.26. The lowest BCUT2D eigenvalue weighted by molar-refractivity contribution is -0.141. The zero-order chi connectivity index (χ0) is 19.0. The Kier molecular flexibility index (Phi) is 5.47. The lowest BCUT2D eigenvalue weighted by Gasteiger charge is -2.32. The van der Waals surface area contributed by atoms with E-state index in [0.717, 1.165) is 18.2 Å². The first kappa shape index (κ1) is 19.7. The molecule has 0 N–H and O–H groups in total. The van der Waals surface area contributed by atoms with E-state index >= 15 is 0 Å². The lowest BCUT2D eigenvalue weighted by atomic mass is 9.68. The third-order valence-electron chi connectivity index (χ3n) is 4.51. The van der Waals surface area contributed by atoms with Gasteiger partial charge in [0.15, 0.2) is 17.3 Å². The van der Waals surface area contributed by atoms with Crippen molar-refractivity contribution < 1.29 is 27.6 Å². The van der Waals surface area contributed by atoms with Crippen molar-refractivity contribution in [2.45, 2.75) is 38.6 Å². The highest BCUT2D eigenvalue weighted by Crippen LogP contribution is 2.37. The van der Waals surface area contributed by atoms with Crippen LogP contribution in [0.15, 0.2) is 18.2 Å². The molecule has 0 saturated heterocycles. The summed E-state index contributed by atoms with van der Waals surface area (Å²) in [5.74, 6) is -2.83. The third kappa shape index (κ3) is 3.97. The van der Waals surface area contributed by atoms with Gasteiger partial charge >= 0.3 is 6.18 Å². The van der Waals surface area contributed by atoms with E-state index in [4.69, 9.17) is 0 Å². The van der Waals surface area contributed by atoms with E-state index in [1.165, 1.54) is 11.8 Å². The summed E-state index contributed by atoms with van der Waals surface area (Å²) < 4.78 is 38.8. The van der Waals surface area contributed by atoms with Crippen LogP contribution in [0.4, 0.5) is 13.2 Å². The second-order valence-corrected chi connectivity index (χ2v) is 7.68. The molecule has 1 aromatic carbocycles. The Balaban J connectivity index is 2.47. The van der Waals surface area contributed by atoms with Gasteiger partial charge in [0.1, 0.15) is 5.92 Å². The molecule has 3 nitrogen and oxygen atoms in total. The van der Waals surface area contributed by atoms with Crippen molar-refractivity contribution in [2.24, 2.45) is 11.3 Å². The number of ketones is 3. The molecule has 1 unspecified atom stereocenters. The van der Waals surface area contributed by atoms with Gasteiger partial charge in [0.2, 0.25) is 0 Å². The maximum absolute atomic E-state index is 12.9. The van der Waals surface area contributed by atoms with E-state index in [9.17, 15) is 27.6 Å². The van der Waals surface area contributed by atoms with E-state index in [1.807, 2.05) is 0 Å². The van der Waals surface area contributed by atoms with Gasteiger partial charge in [0.05, 0.1) is 5.56 Å². The smallest absolute Gasteiger partial charge is 0.298 e. The van der Waals surface area contributed by atoms with Crippen LogP contribution in [0, 0.1) is 11.3 Å². The summed E-state index contributed by atoms with van der Waals surface area (Å²) in [4.78, 5) is 37.5. The predicted octanol–water partition coefficient (Wildman–Crippen LogP) is 4.33. The summed E-state index contributed by atoms with van der Waals surface area (Å²) in [5, 5.41) is 0. The largest absolute Gasteiger partial charge is 0.416 e. The molecule has 0 radical (unpaired) electrons. The van der Waals surface area contributed by atoms with Crippen molar-refractivity contribution in [3.05, 3.63) is 34.9 Å². The minimum atomic E-state index is -4.52. The summed E-state index contributed by atoms with van der Waals surface area (Å²) in [6.07, 6.45) is -2.32. The fraction of sp³-hybridized carbons (Fsp3) is 0.500. The minimum Gasteiger partial charge on any atom is -0.298 e. The second-order valence-electron chi connectivity index (χ2n) is 6.81. The van der Waals surface area contributed by atoms with E-state index < -0.39 is 40.4 Å². The molecule has 25 heavy (non-hydrogen) atoms. The van der Waals surface area contributed by atoms with Gasteiger partial charge in [-0.2, -0.15) is 24.9 Å². The van der Waals surface area contributed by atoms with Crippen molar-refractivity contribution in [1.82, 2.24) is 0 Å². The SMILES string of the molecule is CSCc1cc(C(F)(F)F)ccc1C(=O)C1C(=O)CCC(C)(C)C1=O. The van der Waals surface area contributed by atoms with Crippen LogP contribution in [0.2, 0.25) is 0 Å². The molecule has 0 amide bonds. The van der Waals surface area contributed by atoms with Crippen LogP contribution < -0.4 is 0 Å².